The van der Waals surface area contributed by atoms with E-state index < -0.39 is 17.5 Å². The minimum Gasteiger partial charge on any atom is -0.493 e. The lowest BCUT2D eigenvalue weighted by Crippen LogP contribution is -2.24. The first kappa shape index (κ1) is 16.2. The summed E-state index contributed by atoms with van der Waals surface area (Å²) in [6.07, 6.45) is 0. The Morgan fingerprint density at radius 3 is 2.42 bits per heavy atom. The van der Waals surface area contributed by atoms with Crippen LogP contribution in [0.15, 0.2) is 24.3 Å². The van der Waals surface area contributed by atoms with E-state index in [4.69, 9.17) is 9.47 Å². The largest absolute Gasteiger partial charge is 0.493 e. The zero-order chi connectivity index (χ0) is 17.4. The fourth-order valence-electron chi connectivity index (χ4n) is 2.79. The monoisotopic (exact) mass is 337 g/mol. The van der Waals surface area contributed by atoms with Gasteiger partial charge in [0.2, 0.25) is 0 Å². The SMILES string of the molecule is COc1ccc2c(c1OC)C(=O)N(Cc1cc(F)c(F)cc1F)C2. The van der Waals surface area contributed by atoms with Gasteiger partial charge >= 0.3 is 0 Å². The zero-order valence-corrected chi connectivity index (χ0v) is 13.0. The van der Waals surface area contributed by atoms with E-state index >= 15 is 0 Å². The second-order valence-electron chi connectivity index (χ2n) is 5.35. The molecule has 0 spiro atoms. The van der Waals surface area contributed by atoms with Gasteiger partial charge in [-0.05, 0) is 17.7 Å². The number of carbonyl (C=O) groups is 1. The first-order chi connectivity index (χ1) is 11.5. The average Bonchev–Trinajstić information content (AvgIpc) is 2.88. The number of carbonyl (C=O) groups excluding carboxylic acids is 1. The zero-order valence-electron chi connectivity index (χ0n) is 13.0. The quantitative estimate of drug-likeness (QED) is 0.804. The summed E-state index contributed by atoms with van der Waals surface area (Å²) in [5, 5.41) is 0. The number of ether oxygens (including phenoxy) is 2. The third-order valence-electron chi connectivity index (χ3n) is 3.94. The lowest BCUT2D eigenvalue weighted by Gasteiger charge is -2.16. The summed E-state index contributed by atoms with van der Waals surface area (Å²) in [5.41, 5.74) is 0.932. The lowest BCUT2D eigenvalue weighted by atomic mass is 10.1. The number of fused-ring (bicyclic) bond motifs is 1. The Hall–Kier alpha value is -2.70. The number of methoxy groups -OCH3 is 2. The standard InChI is InChI=1S/C17H14F3NO3/c1-23-14-4-3-9-7-21(17(22)15(9)16(14)24-2)8-10-5-12(19)13(20)6-11(10)18/h3-6H,7-8H2,1-2H3. The van der Waals surface area contributed by atoms with Gasteiger partial charge in [-0.15, -0.1) is 0 Å². The normalized spacial score (nSPS) is 13.2. The number of benzene rings is 2. The lowest BCUT2D eigenvalue weighted by molar-refractivity contribution is 0.0762. The Morgan fingerprint density at radius 1 is 1.04 bits per heavy atom. The maximum Gasteiger partial charge on any atom is 0.258 e. The molecular formula is C17H14F3NO3. The molecule has 2 aromatic carbocycles. The van der Waals surface area contributed by atoms with Gasteiger partial charge in [0.25, 0.3) is 5.91 Å². The van der Waals surface area contributed by atoms with E-state index in [-0.39, 0.29) is 24.6 Å². The minimum atomic E-state index is -1.27. The molecule has 0 fully saturated rings. The van der Waals surface area contributed by atoms with E-state index in [1.54, 1.807) is 12.1 Å². The third kappa shape index (κ3) is 2.55. The molecule has 126 valence electrons. The molecular weight excluding hydrogens is 323 g/mol. The van der Waals surface area contributed by atoms with Crippen LogP contribution in [-0.4, -0.2) is 25.0 Å². The molecule has 0 saturated carbocycles. The molecule has 1 heterocycles. The van der Waals surface area contributed by atoms with Crippen LogP contribution < -0.4 is 9.47 Å². The number of rotatable bonds is 4. The van der Waals surface area contributed by atoms with Crippen LogP contribution in [-0.2, 0) is 13.1 Å². The van der Waals surface area contributed by atoms with Crippen LogP contribution in [0.5, 0.6) is 11.5 Å². The van der Waals surface area contributed by atoms with E-state index in [0.29, 0.717) is 28.7 Å². The average molecular weight is 337 g/mol. The predicted molar refractivity (Wildman–Crippen MR) is 79.4 cm³/mol. The van der Waals surface area contributed by atoms with Crippen molar-refractivity contribution in [2.45, 2.75) is 13.1 Å². The van der Waals surface area contributed by atoms with Crippen molar-refractivity contribution in [1.29, 1.82) is 0 Å². The van der Waals surface area contributed by atoms with Crippen LogP contribution in [0.25, 0.3) is 0 Å². The molecule has 7 heteroatoms. The van der Waals surface area contributed by atoms with Gasteiger partial charge in [0, 0.05) is 24.7 Å². The van der Waals surface area contributed by atoms with Crippen LogP contribution in [0.4, 0.5) is 13.2 Å². The molecule has 0 bridgehead atoms. The van der Waals surface area contributed by atoms with Gasteiger partial charge in [-0.1, -0.05) is 6.07 Å². The van der Waals surface area contributed by atoms with E-state index in [1.807, 2.05) is 0 Å². The topological polar surface area (TPSA) is 38.8 Å². The Morgan fingerprint density at radius 2 is 1.75 bits per heavy atom. The number of hydrogen-bond acceptors (Lipinski definition) is 3. The molecule has 2 aromatic rings. The van der Waals surface area contributed by atoms with Gasteiger partial charge in [0.05, 0.1) is 19.8 Å². The number of nitrogens with zero attached hydrogens (tertiary/aromatic N) is 1. The van der Waals surface area contributed by atoms with Crippen LogP contribution >= 0.6 is 0 Å². The van der Waals surface area contributed by atoms with Gasteiger partial charge in [-0.25, -0.2) is 13.2 Å². The van der Waals surface area contributed by atoms with Crippen molar-refractivity contribution in [2.75, 3.05) is 14.2 Å². The highest BCUT2D eigenvalue weighted by molar-refractivity contribution is 6.01. The molecule has 0 N–H and O–H groups in total. The van der Waals surface area contributed by atoms with Crippen molar-refractivity contribution >= 4 is 5.91 Å². The molecule has 0 aromatic heterocycles. The Kier molecular flexibility index (Phi) is 4.09. The molecule has 1 aliphatic heterocycles. The Balaban J connectivity index is 1.93. The van der Waals surface area contributed by atoms with Gasteiger partial charge < -0.3 is 14.4 Å². The molecule has 0 atom stereocenters. The number of halogens is 3. The van der Waals surface area contributed by atoms with Crippen LogP contribution in [0.2, 0.25) is 0 Å². The van der Waals surface area contributed by atoms with Crippen molar-refractivity contribution in [3.8, 4) is 11.5 Å². The predicted octanol–water partition coefficient (Wildman–Crippen LogP) is 3.28. The van der Waals surface area contributed by atoms with Crippen molar-refractivity contribution in [3.63, 3.8) is 0 Å². The van der Waals surface area contributed by atoms with E-state index in [9.17, 15) is 18.0 Å². The summed E-state index contributed by atoms with van der Waals surface area (Å²) in [5.74, 6) is -3.00. The molecule has 4 nitrogen and oxygen atoms in total. The summed E-state index contributed by atoms with van der Waals surface area (Å²) < 4.78 is 50.6. The summed E-state index contributed by atoms with van der Waals surface area (Å²) in [7, 11) is 2.88. The second-order valence-corrected chi connectivity index (χ2v) is 5.35. The van der Waals surface area contributed by atoms with Gasteiger partial charge in [0.1, 0.15) is 5.82 Å². The highest BCUT2D eigenvalue weighted by Crippen LogP contribution is 2.38. The second kappa shape index (κ2) is 6.07. The number of amides is 1. The highest BCUT2D eigenvalue weighted by atomic mass is 19.2. The molecule has 0 unspecified atom stereocenters. The van der Waals surface area contributed by atoms with Crippen LogP contribution in [0.1, 0.15) is 21.5 Å². The summed E-state index contributed by atoms with van der Waals surface area (Å²) in [6.45, 7) is 0.0367. The van der Waals surface area contributed by atoms with Gasteiger partial charge in [-0.2, -0.15) is 0 Å². The molecule has 24 heavy (non-hydrogen) atoms. The summed E-state index contributed by atoms with van der Waals surface area (Å²) in [4.78, 5) is 13.9. The highest BCUT2D eigenvalue weighted by Gasteiger charge is 2.33. The van der Waals surface area contributed by atoms with E-state index in [0.717, 1.165) is 6.07 Å². The van der Waals surface area contributed by atoms with Crippen molar-refractivity contribution in [3.05, 3.63) is 58.4 Å². The first-order valence-electron chi connectivity index (χ1n) is 7.12. The smallest absolute Gasteiger partial charge is 0.258 e. The minimum absolute atomic E-state index is 0.0963. The summed E-state index contributed by atoms with van der Waals surface area (Å²) >= 11 is 0. The molecule has 1 aliphatic rings. The Bertz CT molecular complexity index is 823. The van der Waals surface area contributed by atoms with E-state index in [1.165, 1.54) is 19.1 Å². The van der Waals surface area contributed by atoms with Crippen molar-refractivity contribution in [2.24, 2.45) is 0 Å². The van der Waals surface area contributed by atoms with Gasteiger partial charge in [-0.3, -0.25) is 4.79 Å². The van der Waals surface area contributed by atoms with Gasteiger partial charge in [0.15, 0.2) is 23.1 Å². The van der Waals surface area contributed by atoms with E-state index in [2.05, 4.69) is 0 Å². The molecule has 3 rings (SSSR count). The maximum atomic E-state index is 13.8. The molecule has 0 aliphatic carbocycles. The maximum absolute atomic E-state index is 13.8. The first-order valence-corrected chi connectivity index (χ1v) is 7.12. The fraction of sp³-hybridized carbons (Fsp3) is 0.235. The Labute approximate surface area is 136 Å². The summed E-state index contributed by atoms with van der Waals surface area (Å²) in [6, 6.07) is 4.63. The molecule has 0 saturated heterocycles. The number of hydrogen-bond donors (Lipinski definition) is 0. The third-order valence-corrected chi connectivity index (χ3v) is 3.94. The molecule has 1 amide bonds. The van der Waals surface area contributed by atoms with Crippen LogP contribution in [0, 0.1) is 17.5 Å². The van der Waals surface area contributed by atoms with Crippen molar-refractivity contribution < 1.29 is 27.4 Å². The van der Waals surface area contributed by atoms with Crippen LogP contribution in [0.3, 0.4) is 0 Å². The fourth-order valence-corrected chi connectivity index (χ4v) is 2.79. The molecule has 0 radical (unpaired) electrons. The van der Waals surface area contributed by atoms with Crippen molar-refractivity contribution in [1.82, 2.24) is 4.90 Å².